The highest BCUT2D eigenvalue weighted by molar-refractivity contribution is 6.77. The summed E-state index contributed by atoms with van der Waals surface area (Å²) in [5, 5.41) is 10.3. The maximum Gasteiger partial charge on any atom is 0.200 e. The van der Waals surface area contributed by atoms with E-state index in [4.69, 9.17) is 4.43 Å². The van der Waals surface area contributed by atoms with Crippen LogP contribution in [0.4, 0.5) is 0 Å². The van der Waals surface area contributed by atoms with Gasteiger partial charge < -0.3 is 9.53 Å². The maximum absolute atomic E-state index is 10.3. The standard InChI is InChI=1S/C17H36O2Si/c1-10-11-16(18)17(8,9)12-19-20(13(2)3,14(4)5)15(6)7/h10,13-16,18H,1,11-12H2,2-9H3/t16-/m0/s1. The molecule has 0 bridgehead atoms. The summed E-state index contributed by atoms with van der Waals surface area (Å²) in [4.78, 5) is 0. The highest BCUT2D eigenvalue weighted by Crippen LogP contribution is 2.43. The topological polar surface area (TPSA) is 29.5 Å². The summed E-state index contributed by atoms with van der Waals surface area (Å²) in [7, 11) is -1.84. The molecule has 0 saturated heterocycles. The van der Waals surface area contributed by atoms with Gasteiger partial charge in [-0.1, -0.05) is 61.5 Å². The van der Waals surface area contributed by atoms with Crippen LogP contribution in [0.1, 0.15) is 61.8 Å². The van der Waals surface area contributed by atoms with Gasteiger partial charge in [-0.2, -0.15) is 0 Å². The smallest absolute Gasteiger partial charge is 0.200 e. The summed E-state index contributed by atoms with van der Waals surface area (Å²) in [5.74, 6) is 0. The predicted molar refractivity (Wildman–Crippen MR) is 91.6 cm³/mol. The first-order valence-corrected chi connectivity index (χ1v) is 10.1. The third-order valence-electron chi connectivity index (χ3n) is 4.69. The number of aliphatic hydroxyl groups is 1. The van der Waals surface area contributed by atoms with Crippen molar-refractivity contribution in [1.82, 2.24) is 0 Å². The van der Waals surface area contributed by atoms with Gasteiger partial charge in [-0.15, -0.1) is 6.58 Å². The van der Waals surface area contributed by atoms with Gasteiger partial charge in [0, 0.05) is 12.0 Å². The van der Waals surface area contributed by atoms with Gasteiger partial charge in [-0.3, -0.25) is 0 Å². The number of aliphatic hydroxyl groups excluding tert-OH is 1. The second-order valence-corrected chi connectivity index (χ2v) is 13.1. The largest absolute Gasteiger partial charge is 0.415 e. The number of hydrogen-bond acceptors (Lipinski definition) is 2. The molecule has 0 amide bonds. The molecule has 1 N–H and O–H groups in total. The molecular weight excluding hydrogens is 264 g/mol. The minimum absolute atomic E-state index is 0.231. The normalized spacial score (nSPS) is 15.2. The predicted octanol–water partition coefficient (Wildman–Crippen LogP) is 5.14. The van der Waals surface area contributed by atoms with Crippen molar-refractivity contribution >= 4 is 8.32 Å². The molecule has 0 aromatic carbocycles. The zero-order valence-electron chi connectivity index (χ0n) is 14.9. The second kappa shape index (κ2) is 7.76. The first kappa shape index (κ1) is 19.9. The monoisotopic (exact) mass is 300 g/mol. The molecular formula is C17H36O2Si. The summed E-state index contributed by atoms with van der Waals surface area (Å²) < 4.78 is 6.59. The minimum atomic E-state index is -1.84. The van der Waals surface area contributed by atoms with Crippen LogP contribution in [0.2, 0.25) is 16.6 Å². The molecule has 0 heterocycles. The lowest BCUT2D eigenvalue weighted by Gasteiger charge is -2.44. The average Bonchev–Trinajstić information content (AvgIpc) is 2.28. The highest BCUT2D eigenvalue weighted by Gasteiger charge is 2.46. The van der Waals surface area contributed by atoms with Gasteiger partial charge in [0.25, 0.3) is 0 Å². The molecule has 0 aliphatic carbocycles. The van der Waals surface area contributed by atoms with Crippen molar-refractivity contribution in [3.05, 3.63) is 12.7 Å². The first-order chi connectivity index (χ1) is 9.02. The lowest BCUT2D eigenvalue weighted by atomic mass is 9.86. The molecule has 0 radical (unpaired) electrons. The van der Waals surface area contributed by atoms with E-state index in [0.29, 0.717) is 29.7 Å². The van der Waals surface area contributed by atoms with Gasteiger partial charge in [0.15, 0.2) is 8.32 Å². The van der Waals surface area contributed by atoms with Crippen molar-refractivity contribution in [2.75, 3.05) is 6.61 Å². The molecule has 0 aliphatic heterocycles. The van der Waals surface area contributed by atoms with Crippen LogP contribution in [-0.4, -0.2) is 26.1 Å². The molecule has 0 fully saturated rings. The van der Waals surface area contributed by atoms with Gasteiger partial charge in [-0.05, 0) is 23.0 Å². The Morgan fingerprint density at radius 3 is 1.75 bits per heavy atom. The molecule has 120 valence electrons. The van der Waals surface area contributed by atoms with Gasteiger partial charge >= 0.3 is 0 Å². The average molecular weight is 301 g/mol. The van der Waals surface area contributed by atoms with E-state index in [2.05, 4.69) is 62.0 Å². The Bertz CT molecular complexity index is 274. The van der Waals surface area contributed by atoms with Crippen molar-refractivity contribution in [1.29, 1.82) is 0 Å². The van der Waals surface area contributed by atoms with Crippen molar-refractivity contribution in [2.45, 2.75) is 84.5 Å². The SMILES string of the molecule is C=CC[C@H](O)C(C)(C)CO[Si](C(C)C)(C(C)C)C(C)C. The Balaban J connectivity index is 5.07. The Morgan fingerprint density at radius 2 is 1.45 bits per heavy atom. The summed E-state index contributed by atoms with van der Waals surface area (Å²) >= 11 is 0. The Labute approximate surface area is 127 Å². The van der Waals surface area contributed by atoms with E-state index in [1.807, 2.05) is 0 Å². The van der Waals surface area contributed by atoms with E-state index in [1.54, 1.807) is 6.08 Å². The molecule has 1 atom stereocenters. The van der Waals surface area contributed by atoms with Crippen LogP contribution in [0.3, 0.4) is 0 Å². The van der Waals surface area contributed by atoms with Crippen LogP contribution in [0.25, 0.3) is 0 Å². The fourth-order valence-electron chi connectivity index (χ4n) is 3.38. The molecule has 2 nitrogen and oxygen atoms in total. The fraction of sp³-hybridized carbons (Fsp3) is 0.882. The molecule has 0 aromatic heterocycles. The highest BCUT2D eigenvalue weighted by atomic mass is 28.4. The first-order valence-electron chi connectivity index (χ1n) is 7.95. The van der Waals surface area contributed by atoms with E-state index in [0.717, 1.165) is 0 Å². The lowest BCUT2D eigenvalue weighted by Crippen LogP contribution is -2.50. The van der Waals surface area contributed by atoms with E-state index < -0.39 is 14.4 Å². The van der Waals surface area contributed by atoms with Crippen molar-refractivity contribution in [3.63, 3.8) is 0 Å². The Morgan fingerprint density at radius 1 is 1.05 bits per heavy atom. The molecule has 3 heteroatoms. The van der Waals surface area contributed by atoms with Crippen LogP contribution < -0.4 is 0 Å². The quantitative estimate of drug-likeness (QED) is 0.472. The van der Waals surface area contributed by atoms with Gasteiger partial charge in [0.1, 0.15) is 0 Å². The van der Waals surface area contributed by atoms with Gasteiger partial charge in [0.05, 0.1) is 6.10 Å². The van der Waals surface area contributed by atoms with Crippen molar-refractivity contribution in [2.24, 2.45) is 5.41 Å². The van der Waals surface area contributed by atoms with Crippen LogP contribution in [0, 0.1) is 5.41 Å². The molecule has 0 aliphatic rings. The van der Waals surface area contributed by atoms with Crippen molar-refractivity contribution < 1.29 is 9.53 Å². The Kier molecular flexibility index (Phi) is 7.72. The third kappa shape index (κ3) is 4.44. The van der Waals surface area contributed by atoms with Crippen LogP contribution in [-0.2, 0) is 4.43 Å². The zero-order chi connectivity index (χ0) is 16.1. The van der Waals surface area contributed by atoms with Gasteiger partial charge in [-0.25, -0.2) is 0 Å². The Hall–Kier alpha value is -0.123. The molecule has 20 heavy (non-hydrogen) atoms. The number of rotatable bonds is 9. The van der Waals surface area contributed by atoms with Gasteiger partial charge in [0.2, 0.25) is 0 Å². The van der Waals surface area contributed by atoms with Crippen LogP contribution in [0.15, 0.2) is 12.7 Å². The second-order valence-electron chi connectivity index (χ2n) is 7.64. The van der Waals surface area contributed by atoms with Crippen molar-refractivity contribution in [3.8, 4) is 0 Å². The minimum Gasteiger partial charge on any atom is -0.415 e. The van der Waals surface area contributed by atoms with E-state index in [1.165, 1.54) is 0 Å². The lowest BCUT2D eigenvalue weighted by molar-refractivity contribution is 0.0127. The maximum atomic E-state index is 10.3. The van der Waals surface area contributed by atoms with E-state index in [-0.39, 0.29) is 5.41 Å². The molecule has 0 saturated carbocycles. The summed E-state index contributed by atoms with van der Waals surface area (Å²) in [6.07, 6.45) is 2.01. The van der Waals surface area contributed by atoms with E-state index in [9.17, 15) is 5.11 Å². The summed E-state index contributed by atoms with van der Waals surface area (Å²) in [6.45, 7) is 22.3. The zero-order valence-corrected chi connectivity index (χ0v) is 15.9. The van der Waals surface area contributed by atoms with E-state index >= 15 is 0 Å². The molecule has 0 spiro atoms. The number of hydrogen-bond donors (Lipinski definition) is 1. The summed E-state index contributed by atoms with van der Waals surface area (Å²) in [5.41, 5.74) is 1.50. The molecule has 0 rings (SSSR count). The van der Waals surface area contributed by atoms with Crippen LogP contribution in [0.5, 0.6) is 0 Å². The summed E-state index contributed by atoms with van der Waals surface area (Å²) in [6, 6.07) is 0. The molecule has 0 unspecified atom stereocenters. The third-order valence-corrected chi connectivity index (χ3v) is 10.8. The van der Waals surface area contributed by atoms with Crippen LogP contribution >= 0.6 is 0 Å². The fourth-order valence-corrected chi connectivity index (χ4v) is 9.01. The molecule has 0 aromatic rings.